The lowest BCUT2D eigenvalue weighted by molar-refractivity contribution is 0.0257. The van der Waals surface area contributed by atoms with Crippen molar-refractivity contribution in [1.82, 2.24) is 44.9 Å². The number of anilines is 6. The minimum atomic E-state index is -4.86. The summed E-state index contributed by atoms with van der Waals surface area (Å²) in [6.45, 7) is 7.90. The van der Waals surface area contributed by atoms with E-state index in [4.69, 9.17) is 15.0 Å². The number of hydrogen-bond donors (Lipinski definition) is 3. The standard InChI is InChI=1S/C28H26F3N5O2S2.C27H26F3N5O2S2.C25H20F5N5O2S2/c29-19-7-5-8-20(30)27(19)40(37,38)35-21-9-4-6-18(24(21)31)25-26(39-28(34-25)36-14-2-1-3-15-36)22-12-13-32-23(33-22)16-17-10-11-17;1-3-21-31-13-12-20(32-21)25-24(33-27(38-25)35-14-5-4-6-15-35)17-8-7-9-19(23(17)30)34-39(36,37)26-18(28)11-10-16(2)22(26)29;1-2-19-31-11-9-18(32-19)22-21(33-24(38-22)35-12-10-25(29,30)13-35)14-5-3-8-17(20(14)28)34-39(36,37)23-15(26)6-4-7-16(23)27/h4-9,12-13,17,35H,1-3,10-11,14-16H2;7-13,34H,3-6,14-15H2,1-2H3;3-9,11,34H,2,10,12-13H2,1H3. The minimum absolute atomic E-state index is 0.0338. The van der Waals surface area contributed by atoms with Gasteiger partial charge in [0.15, 0.2) is 47.5 Å². The lowest BCUT2D eigenvalue weighted by Crippen LogP contribution is -2.29. The third-order valence-electron chi connectivity index (χ3n) is 19.5. The van der Waals surface area contributed by atoms with Gasteiger partial charge in [0.1, 0.15) is 52.4 Å². The summed E-state index contributed by atoms with van der Waals surface area (Å²) in [5, 5.41) is 1.66. The first-order chi connectivity index (χ1) is 56.5. The normalized spacial score (nSPS) is 15.0. The molecule has 3 saturated heterocycles. The van der Waals surface area contributed by atoms with Crippen LogP contribution in [-0.4, -0.2) is 115 Å². The fourth-order valence-corrected chi connectivity index (χ4v) is 20.3. The summed E-state index contributed by atoms with van der Waals surface area (Å²) in [5.74, 6) is -11.1. The Balaban J connectivity index is 0.000000145. The molecule has 0 spiro atoms. The number of benzene rings is 6. The van der Waals surface area contributed by atoms with Crippen molar-refractivity contribution in [3.8, 4) is 65.5 Å². The molecule has 0 unspecified atom stereocenters. The van der Waals surface area contributed by atoms with Crippen molar-refractivity contribution in [2.45, 2.75) is 118 Å². The zero-order valence-corrected chi connectivity index (χ0v) is 67.9. The van der Waals surface area contributed by atoms with E-state index in [9.17, 15) is 60.4 Å². The molecule has 12 aromatic rings. The van der Waals surface area contributed by atoms with Gasteiger partial charge in [0.25, 0.3) is 36.0 Å². The molecule has 4 aliphatic rings. The maximum atomic E-state index is 16.0. The number of hydrogen-bond acceptors (Lipinski definition) is 21. The highest BCUT2D eigenvalue weighted by atomic mass is 32.2. The van der Waals surface area contributed by atoms with Gasteiger partial charge in [-0.1, -0.05) is 84.3 Å². The van der Waals surface area contributed by atoms with Crippen LogP contribution in [0, 0.1) is 65.2 Å². The Morgan fingerprint density at radius 3 is 1.12 bits per heavy atom. The summed E-state index contributed by atoms with van der Waals surface area (Å²) in [5.41, 5.74) is 0.602. The topological polar surface area (TPSA) is 264 Å². The Kier molecular flexibility index (Phi) is 24.9. The average molecular weight is 1740 g/mol. The maximum absolute atomic E-state index is 16.0. The van der Waals surface area contributed by atoms with E-state index in [1.165, 1.54) is 89.2 Å². The Labute approximate surface area is 683 Å². The molecule has 4 fully saturated rings. The van der Waals surface area contributed by atoms with Crippen LogP contribution in [0.5, 0.6) is 0 Å². The predicted octanol–water partition coefficient (Wildman–Crippen LogP) is 18.7. The molecule has 118 heavy (non-hydrogen) atoms. The first kappa shape index (κ1) is 83.8. The average Bonchev–Trinajstić information content (AvgIpc) is 1.60. The minimum Gasteiger partial charge on any atom is -0.348 e. The molecule has 0 amide bonds. The van der Waals surface area contributed by atoms with Crippen LogP contribution in [0.1, 0.15) is 94.7 Å². The maximum Gasteiger partial charge on any atom is 0.267 e. The number of nitrogens with zero attached hydrogens (tertiary/aromatic N) is 12. The van der Waals surface area contributed by atoms with Crippen molar-refractivity contribution in [3.63, 3.8) is 0 Å². The number of sulfonamides is 3. The molecule has 0 bridgehead atoms. The number of nitrogens with one attached hydrogen (secondary N) is 3. The molecule has 38 heteroatoms. The van der Waals surface area contributed by atoms with Crippen molar-refractivity contribution >= 4 is 96.5 Å². The first-order valence-electron chi connectivity index (χ1n) is 37.4. The molecule has 16 rings (SSSR count). The van der Waals surface area contributed by atoms with Gasteiger partial charge in [0, 0.05) is 93.7 Å². The van der Waals surface area contributed by atoms with Crippen LogP contribution < -0.4 is 28.9 Å². The van der Waals surface area contributed by atoms with Crippen molar-refractivity contribution in [2.24, 2.45) is 5.92 Å². The molecule has 1 saturated carbocycles. The van der Waals surface area contributed by atoms with E-state index in [1.807, 2.05) is 28.0 Å². The molecule has 0 radical (unpaired) electrons. The summed E-state index contributed by atoms with van der Waals surface area (Å²) in [7, 11) is -14.4. The van der Waals surface area contributed by atoms with Crippen molar-refractivity contribution in [3.05, 3.63) is 215 Å². The van der Waals surface area contributed by atoms with Crippen LogP contribution >= 0.6 is 34.0 Å². The molecule has 3 N–H and O–H groups in total. The molecule has 3 aliphatic heterocycles. The van der Waals surface area contributed by atoms with Gasteiger partial charge in [-0.2, -0.15) is 0 Å². The highest BCUT2D eigenvalue weighted by Gasteiger charge is 2.41. The highest BCUT2D eigenvalue weighted by molar-refractivity contribution is 7.93. The molecule has 6 aromatic carbocycles. The Hall–Kier alpha value is -10.7. The second-order valence-corrected chi connectivity index (χ2v) is 35.8. The second-order valence-electron chi connectivity index (χ2n) is 28.0. The van der Waals surface area contributed by atoms with Crippen molar-refractivity contribution < 1.29 is 73.5 Å². The van der Waals surface area contributed by atoms with Gasteiger partial charge in [0.05, 0.1) is 72.4 Å². The highest BCUT2D eigenvalue weighted by Crippen LogP contribution is 2.48. The van der Waals surface area contributed by atoms with Crippen LogP contribution in [0.4, 0.5) is 80.8 Å². The lowest BCUT2D eigenvalue weighted by atomic mass is 10.1. The molecular formula is C80H72F11N15O6S6. The van der Waals surface area contributed by atoms with Gasteiger partial charge < -0.3 is 14.7 Å². The van der Waals surface area contributed by atoms with Gasteiger partial charge in [-0.25, -0.2) is 118 Å². The molecule has 6 aromatic heterocycles. The van der Waals surface area contributed by atoms with Gasteiger partial charge in [-0.3, -0.25) is 14.2 Å². The Morgan fingerprint density at radius 1 is 0.407 bits per heavy atom. The lowest BCUT2D eigenvalue weighted by Gasteiger charge is -2.25. The fourth-order valence-electron chi connectivity index (χ4n) is 13.4. The first-order valence-corrected chi connectivity index (χ1v) is 44.3. The summed E-state index contributed by atoms with van der Waals surface area (Å²) in [6.07, 6.45) is 15.1. The van der Waals surface area contributed by atoms with Crippen LogP contribution in [-0.2, 0) is 49.3 Å². The number of halogens is 11. The number of aromatic nitrogens is 9. The SMILES string of the molecule is CCc1nccc(-c2sc(N3CCC(F)(F)C3)nc2-c2cccc(NS(=O)(=O)c3c(F)cccc3F)c2F)n1.CCc1nccc(-c2sc(N3CCCCC3)nc2-c2cccc(NS(=O)(=O)c3c(F)ccc(C)c3F)c2F)n1.O=S(=O)(Nc1cccc(-c2nc(N3CCCCC3)sc2-c2ccnc(CC3CC3)n2)c1F)c1c(F)cccc1F. The van der Waals surface area contributed by atoms with E-state index >= 15 is 13.2 Å². The van der Waals surface area contributed by atoms with Crippen molar-refractivity contribution in [1.29, 1.82) is 0 Å². The number of piperidine rings is 2. The van der Waals surface area contributed by atoms with Crippen molar-refractivity contribution in [2.75, 3.05) is 68.1 Å². The molecule has 616 valence electrons. The Bertz CT molecular complexity index is 6090. The number of thiazole rings is 3. The van der Waals surface area contributed by atoms with Crippen LogP contribution in [0.15, 0.2) is 155 Å². The van der Waals surface area contributed by atoms with Gasteiger partial charge in [-0.05, 0) is 155 Å². The zero-order valence-electron chi connectivity index (χ0n) is 63.0. The number of aryl methyl sites for hydroxylation is 3. The largest absolute Gasteiger partial charge is 0.348 e. The molecule has 21 nitrogen and oxygen atoms in total. The van der Waals surface area contributed by atoms with E-state index in [-0.39, 0.29) is 46.0 Å². The number of rotatable bonds is 22. The third-order valence-corrected chi connectivity index (χ3v) is 27.2. The molecule has 0 atom stereocenters. The summed E-state index contributed by atoms with van der Waals surface area (Å²) in [6, 6.07) is 24.3. The quantitative estimate of drug-likeness (QED) is 0.0532. The summed E-state index contributed by atoms with van der Waals surface area (Å²) in [4.78, 5) is 44.4. The molecule has 9 heterocycles. The number of alkyl halides is 2. The van der Waals surface area contributed by atoms with E-state index in [0.717, 1.165) is 155 Å². The predicted molar refractivity (Wildman–Crippen MR) is 431 cm³/mol. The monoisotopic (exact) mass is 1740 g/mol. The fraction of sp³-hybridized carbons (Fsp3) is 0.287. The van der Waals surface area contributed by atoms with E-state index < -0.39 is 127 Å². The van der Waals surface area contributed by atoms with Crippen LogP contribution in [0.2, 0.25) is 0 Å². The molecular weight excluding hydrogens is 1670 g/mol. The van der Waals surface area contributed by atoms with E-state index in [0.29, 0.717) is 84.5 Å². The second kappa shape index (κ2) is 35.1. The van der Waals surface area contributed by atoms with E-state index in [1.54, 1.807) is 30.6 Å². The van der Waals surface area contributed by atoms with Gasteiger partial charge >= 0.3 is 0 Å². The summed E-state index contributed by atoms with van der Waals surface area (Å²) >= 11 is 3.83. The smallest absolute Gasteiger partial charge is 0.267 e. The Morgan fingerprint density at radius 2 is 0.754 bits per heavy atom. The summed E-state index contributed by atoms with van der Waals surface area (Å²) < 4.78 is 245. The third kappa shape index (κ3) is 18.4. The van der Waals surface area contributed by atoms with Crippen LogP contribution in [0.25, 0.3) is 65.5 Å². The van der Waals surface area contributed by atoms with E-state index in [2.05, 4.69) is 39.7 Å². The van der Waals surface area contributed by atoms with Crippen LogP contribution in [0.3, 0.4) is 0 Å². The van der Waals surface area contributed by atoms with Gasteiger partial charge in [-0.15, -0.1) is 0 Å². The van der Waals surface area contributed by atoms with Gasteiger partial charge in [0.2, 0.25) is 0 Å². The molecule has 1 aliphatic carbocycles. The zero-order chi connectivity index (χ0) is 83.5.